The van der Waals surface area contributed by atoms with Crippen LogP contribution < -0.4 is 0 Å². The van der Waals surface area contributed by atoms with E-state index >= 15 is 0 Å². The van der Waals surface area contributed by atoms with Gasteiger partial charge in [0.15, 0.2) is 0 Å². The Morgan fingerprint density at radius 3 is 2.83 bits per heavy atom. The molecule has 1 aromatic carbocycles. The van der Waals surface area contributed by atoms with Crippen molar-refractivity contribution in [1.29, 1.82) is 0 Å². The quantitative estimate of drug-likeness (QED) is 0.763. The van der Waals surface area contributed by atoms with Crippen LogP contribution in [0, 0.1) is 12.8 Å². The largest absolute Gasteiger partial charge is 0.465 e. The highest BCUT2D eigenvalue weighted by molar-refractivity contribution is 5.76. The second-order valence-corrected chi connectivity index (χ2v) is 4.70. The van der Waals surface area contributed by atoms with Gasteiger partial charge in [-0.1, -0.05) is 30.3 Å². The zero-order valence-electron chi connectivity index (χ0n) is 10.8. The van der Waals surface area contributed by atoms with Crippen LogP contribution in [0.3, 0.4) is 0 Å². The Kier molecular flexibility index (Phi) is 4.37. The van der Waals surface area contributed by atoms with E-state index in [1.54, 1.807) is 0 Å². The molecule has 1 aromatic rings. The summed E-state index contributed by atoms with van der Waals surface area (Å²) in [7, 11) is 0. The lowest BCUT2D eigenvalue weighted by Gasteiger charge is -2.24. The van der Waals surface area contributed by atoms with Crippen LogP contribution in [0.4, 0.5) is 0 Å². The zero-order chi connectivity index (χ0) is 13.0. The van der Waals surface area contributed by atoms with Crippen LogP contribution in [0.15, 0.2) is 30.3 Å². The van der Waals surface area contributed by atoms with Crippen LogP contribution >= 0.6 is 0 Å². The van der Waals surface area contributed by atoms with Crippen molar-refractivity contribution in [1.82, 2.24) is 4.90 Å². The average molecular weight is 246 g/mol. The first-order valence-corrected chi connectivity index (χ1v) is 6.50. The van der Waals surface area contributed by atoms with Crippen LogP contribution in [0.2, 0.25) is 0 Å². The van der Waals surface area contributed by atoms with Crippen molar-refractivity contribution in [3.8, 4) is 0 Å². The number of carbonyl (C=O) groups is 1. The molecule has 0 N–H and O–H groups in total. The number of ether oxygens (including phenoxy) is 1. The number of carbonyl (C=O) groups excluding carboxylic acids is 1. The highest BCUT2D eigenvalue weighted by Gasteiger charge is 2.37. The minimum absolute atomic E-state index is 0.132. The van der Waals surface area contributed by atoms with Crippen molar-refractivity contribution in [2.24, 2.45) is 5.92 Å². The summed E-state index contributed by atoms with van der Waals surface area (Å²) in [5.74, 6) is -0.00121. The SMILES string of the molecule is [CH2][C@@H]1CCN(Cc2ccccc2)[C@@H]1C(=O)OCC. The molecule has 1 aliphatic heterocycles. The van der Waals surface area contributed by atoms with Crippen LogP contribution in [-0.2, 0) is 16.1 Å². The summed E-state index contributed by atoms with van der Waals surface area (Å²) in [6, 6.07) is 10.0. The highest BCUT2D eigenvalue weighted by atomic mass is 16.5. The molecule has 2 atom stereocenters. The second kappa shape index (κ2) is 6.01. The first kappa shape index (κ1) is 13.1. The number of likely N-dealkylation sites (tertiary alicyclic amines) is 1. The van der Waals surface area contributed by atoms with Gasteiger partial charge >= 0.3 is 5.97 Å². The van der Waals surface area contributed by atoms with Crippen molar-refractivity contribution in [3.63, 3.8) is 0 Å². The molecule has 0 unspecified atom stereocenters. The maximum Gasteiger partial charge on any atom is 0.323 e. The predicted molar refractivity (Wildman–Crippen MR) is 70.7 cm³/mol. The lowest BCUT2D eigenvalue weighted by atomic mass is 10.0. The minimum atomic E-state index is -0.190. The molecule has 1 radical (unpaired) electrons. The van der Waals surface area contributed by atoms with Crippen LogP contribution in [0.1, 0.15) is 18.9 Å². The van der Waals surface area contributed by atoms with Crippen LogP contribution in [-0.4, -0.2) is 30.1 Å². The first-order chi connectivity index (χ1) is 8.72. The Bertz CT molecular complexity index is 391. The fourth-order valence-electron chi connectivity index (χ4n) is 2.49. The van der Waals surface area contributed by atoms with E-state index in [1.165, 1.54) is 5.56 Å². The number of hydrogen-bond acceptors (Lipinski definition) is 3. The average Bonchev–Trinajstić information content (AvgIpc) is 2.72. The molecule has 0 aliphatic carbocycles. The number of rotatable bonds is 4. The Morgan fingerprint density at radius 1 is 1.44 bits per heavy atom. The zero-order valence-corrected chi connectivity index (χ0v) is 10.8. The van der Waals surface area contributed by atoms with Crippen LogP contribution in [0.5, 0.6) is 0 Å². The number of benzene rings is 1. The molecule has 2 rings (SSSR count). The number of nitrogens with zero attached hydrogens (tertiary/aromatic N) is 1. The van der Waals surface area contributed by atoms with Crippen molar-refractivity contribution < 1.29 is 9.53 Å². The molecule has 0 saturated carbocycles. The monoisotopic (exact) mass is 246 g/mol. The van der Waals surface area contributed by atoms with E-state index in [1.807, 2.05) is 25.1 Å². The maximum atomic E-state index is 12.0. The van der Waals surface area contributed by atoms with Crippen molar-refractivity contribution >= 4 is 5.97 Å². The van der Waals surface area contributed by atoms with Crippen molar-refractivity contribution in [3.05, 3.63) is 42.8 Å². The lowest BCUT2D eigenvalue weighted by molar-refractivity contribution is -0.149. The van der Waals surface area contributed by atoms with Gasteiger partial charge in [0.2, 0.25) is 0 Å². The van der Waals surface area contributed by atoms with E-state index in [-0.39, 0.29) is 17.9 Å². The van der Waals surface area contributed by atoms with E-state index in [9.17, 15) is 4.79 Å². The number of esters is 1. The van der Waals surface area contributed by atoms with Gasteiger partial charge in [-0.05, 0) is 38.3 Å². The Morgan fingerprint density at radius 2 is 2.17 bits per heavy atom. The molecular formula is C15H20NO2. The molecular weight excluding hydrogens is 226 g/mol. The van der Waals surface area contributed by atoms with Crippen molar-refractivity contribution in [2.75, 3.05) is 13.2 Å². The summed E-state index contributed by atoms with van der Waals surface area (Å²) in [6.07, 6.45) is 0.955. The van der Waals surface area contributed by atoms with Crippen LogP contribution in [0.25, 0.3) is 0 Å². The van der Waals surface area contributed by atoms with E-state index in [2.05, 4.69) is 24.0 Å². The van der Waals surface area contributed by atoms with Gasteiger partial charge < -0.3 is 4.74 Å². The highest BCUT2D eigenvalue weighted by Crippen LogP contribution is 2.26. The van der Waals surface area contributed by atoms with Gasteiger partial charge in [0.1, 0.15) is 6.04 Å². The molecule has 18 heavy (non-hydrogen) atoms. The maximum absolute atomic E-state index is 12.0. The summed E-state index contributed by atoms with van der Waals surface area (Å²) in [5.41, 5.74) is 1.22. The third-order valence-electron chi connectivity index (χ3n) is 3.38. The Balaban J connectivity index is 2.05. The fraction of sp³-hybridized carbons (Fsp3) is 0.467. The first-order valence-electron chi connectivity index (χ1n) is 6.50. The van der Waals surface area contributed by atoms with Gasteiger partial charge in [-0.15, -0.1) is 0 Å². The summed E-state index contributed by atoms with van der Waals surface area (Å²) in [5, 5.41) is 0. The molecule has 0 bridgehead atoms. The van der Waals surface area contributed by atoms with E-state index in [4.69, 9.17) is 4.74 Å². The van der Waals surface area contributed by atoms with Gasteiger partial charge in [0.25, 0.3) is 0 Å². The molecule has 1 heterocycles. The van der Waals surface area contributed by atoms with E-state index in [0.29, 0.717) is 6.61 Å². The smallest absolute Gasteiger partial charge is 0.323 e. The topological polar surface area (TPSA) is 29.5 Å². The third-order valence-corrected chi connectivity index (χ3v) is 3.38. The summed E-state index contributed by atoms with van der Waals surface area (Å²) in [6.45, 7) is 8.04. The van der Waals surface area contributed by atoms with Gasteiger partial charge in [-0.2, -0.15) is 0 Å². The summed E-state index contributed by atoms with van der Waals surface area (Å²) >= 11 is 0. The molecule has 1 saturated heterocycles. The fourth-order valence-corrected chi connectivity index (χ4v) is 2.49. The van der Waals surface area contributed by atoms with Gasteiger partial charge in [-0.3, -0.25) is 9.69 Å². The second-order valence-electron chi connectivity index (χ2n) is 4.70. The Hall–Kier alpha value is -1.35. The third kappa shape index (κ3) is 2.91. The molecule has 0 aromatic heterocycles. The molecule has 97 valence electrons. The Labute approximate surface area is 109 Å². The molecule has 1 fully saturated rings. The van der Waals surface area contributed by atoms with Gasteiger partial charge in [0, 0.05) is 6.54 Å². The standard InChI is InChI=1S/C15H20NO2/c1-3-18-15(17)14-12(2)9-10-16(14)11-13-7-5-4-6-8-13/h4-8,12,14H,2-3,9-11H2,1H3/t12-,14+/m1/s1. The minimum Gasteiger partial charge on any atom is -0.465 e. The predicted octanol–water partition coefficient (Wildman–Crippen LogP) is 2.27. The molecule has 3 nitrogen and oxygen atoms in total. The van der Waals surface area contributed by atoms with E-state index < -0.39 is 0 Å². The summed E-state index contributed by atoms with van der Waals surface area (Å²) < 4.78 is 5.14. The van der Waals surface area contributed by atoms with Gasteiger partial charge in [-0.25, -0.2) is 0 Å². The normalized spacial score (nSPS) is 24.1. The van der Waals surface area contributed by atoms with Crippen molar-refractivity contribution in [2.45, 2.75) is 25.9 Å². The van der Waals surface area contributed by atoms with E-state index in [0.717, 1.165) is 19.5 Å². The molecule has 1 aliphatic rings. The molecule has 0 amide bonds. The van der Waals surface area contributed by atoms with Gasteiger partial charge in [0.05, 0.1) is 6.61 Å². The lowest BCUT2D eigenvalue weighted by Crippen LogP contribution is -2.39. The number of hydrogen-bond donors (Lipinski definition) is 0. The summed E-state index contributed by atoms with van der Waals surface area (Å²) in [4.78, 5) is 14.1. The molecule has 0 spiro atoms. The molecule has 3 heteroatoms.